The minimum Gasteiger partial charge on any atom is -0.507 e. The third-order valence-electron chi connectivity index (χ3n) is 2.62. The Balaban J connectivity index is 2.34. The van der Waals surface area contributed by atoms with Gasteiger partial charge in [0.1, 0.15) is 17.6 Å². The van der Waals surface area contributed by atoms with Crippen LogP contribution in [0, 0.1) is 11.3 Å². The maximum atomic E-state index is 9.45. The van der Waals surface area contributed by atoms with Crippen LogP contribution in [-0.2, 0) is 0 Å². The molecule has 2 rings (SSSR count). The zero-order valence-electron chi connectivity index (χ0n) is 10.1. The Morgan fingerprint density at radius 2 is 1.78 bits per heavy atom. The fourth-order valence-electron chi connectivity index (χ4n) is 1.72. The zero-order valence-corrected chi connectivity index (χ0v) is 10.1. The van der Waals surface area contributed by atoms with Crippen molar-refractivity contribution in [1.82, 2.24) is 0 Å². The van der Waals surface area contributed by atoms with Crippen molar-refractivity contribution in [3.63, 3.8) is 0 Å². The Morgan fingerprint density at radius 1 is 1.11 bits per heavy atom. The molecule has 0 radical (unpaired) electrons. The van der Waals surface area contributed by atoms with E-state index in [1.165, 1.54) is 6.07 Å². The number of hydrogen-bond donors (Lipinski definition) is 1. The van der Waals surface area contributed by atoms with Gasteiger partial charge in [0.25, 0.3) is 0 Å². The molecule has 0 fully saturated rings. The highest BCUT2D eigenvalue weighted by molar-refractivity contribution is 5.67. The van der Waals surface area contributed by atoms with Gasteiger partial charge in [-0.1, -0.05) is 18.2 Å². The topological polar surface area (TPSA) is 53.2 Å². The molecule has 0 amide bonds. The molecule has 3 heteroatoms. The van der Waals surface area contributed by atoms with E-state index >= 15 is 0 Å². The smallest absolute Gasteiger partial charge is 0.133 e. The van der Waals surface area contributed by atoms with Crippen LogP contribution in [0.25, 0.3) is 11.1 Å². The number of phenolic OH excluding ortho intramolecular Hbond substituents is 1. The Bertz CT molecular complexity index is 582. The summed E-state index contributed by atoms with van der Waals surface area (Å²) >= 11 is 0. The number of aromatic hydroxyl groups is 1. The van der Waals surface area contributed by atoms with Gasteiger partial charge < -0.3 is 9.84 Å². The summed E-state index contributed by atoms with van der Waals surface area (Å²) in [5, 5.41) is 18.3. The quantitative estimate of drug-likeness (QED) is 0.893. The molecule has 3 nitrogen and oxygen atoms in total. The minimum atomic E-state index is 0.00665. The fraction of sp³-hybridized carbons (Fsp3) is 0.133. The van der Waals surface area contributed by atoms with Crippen LogP contribution >= 0.6 is 0 Å². The molecule has 0 unspecified atom stereocenters. The van der Waals surface area contributed by atoms with E-state index in [4.69, 9.17) is 10.00 Å². The normalized spacial score (nSPS) is 9.78. The van der Waals surface area contributed by atoms with E-state index in [0.29, 0.717) is 6.61 Å². The number of rotatable bonds is 3. The summed E-state index contributed by atoms with van der Waals surface area (Å²) < 4.78 is 5.37. The van der Waals surface area contributed by atoms with Crippen molar-refractivity contribution in [3.8, 4) is 28.7 Å². The first-order chi connectivity index (χ1) is 8.74. The van der Waals surface area contributed by atoms with Crippen LogP contribution in [0.1, 0.15) is 12.5 Å². The standard InChI is InChI=1S/C15H13NO2/c1-2-18-14-6-3-11(4-7-14)12-5-8-15(17)13(9-12)10-16/h3-9,17H,2H2,1H3. The lowest BCUT2D eigenvalue weighted by Crippen LogP contribution is -1.90. The van der Waals surface area contributed by atoms with Crippen LogP contribution in [0.5, 0.6) is 11.5 Å². The van der Waals surface area contributed by atoms with Gasteiger partial charge in [-0.05, 0) is 42.3 Å². The van der Waals surface area contributed by atoms with Crippen LogP contribution in [0.2, 0.25) is 0 Å². The highest BCUT2D eigenvalue weighted by atomic mass is 16.5. The maximum Gasteiger partial charge on any atom is 0.133 e. The van der Waals surface area contributed by atoms with E-state index in [0.717, 1.165) is 16.9 Å². The SMILES string of the molecule is CCOc1ccc(-c2ccc(O)c(C#N)c2)cc1. The van der Waals surface area contributed by atoms with Crippen LogP contribution in [-0.4, -0.2) is 11.7 Å². The highest BCUT2D eigenvalue weighted by Gasteiger charge is 2.04. The maximum absolute atomic E-state index is 9.45. The molecule has 0 saturated carbocycles. The van der Waals surface area contributed by atoms with Gasteiger partial charge in [0.2, 0.25) is 0 Å². The van der Waals surface area contributed by atoms with Gasteiger partial charge in [-0.15, -0.1) is 0 Å². The van der Waals surface area contributed by atoms with Crippen LogP contribution in [0.15, 0.2) is 42.5 Å². The van der Waals surface area contributed by atoms with Crippen molar-refractivity contribution in [1.29, 1.82) is 5.26 Å². The molecule has 0 aromatic heterocycles. The van der Waals surface area contributed by atoms with E-state index in [-0.39, 0.29) is 11.3 Å². The van der Waals surface area contributed by atoms with E-state index < -0.39 is 0 Å². The van der Waals surface area contributed by atoms with Gasteiger partial charge in [-0.25, -0.2) is 0 Å². The predicted octanol–water partition coefficient (Wildman–Crippen LogP) is 3.33. The molecule has 0 heterocycles. The van der Waals surface area contributed by atoms with Crippen molar-refractivity contribution >= 4 is 0 Å². The van der Waals surface area contributed by atoms with Gasteiger partial charge in [-0.3, -0.25) is 0 Å². The molecule has 0 spiro atoms. The van der Waals surface area contributed by atoms with Crippen molar-refractivity contribution in [3.05, 3.63) is 48.0 Å². The molecule has 2 aromatic rings. The first kappa shape index (κ1) is 12.0. The van der Waals surface area contributed by atoms with E-state index in [9.17, 15) is 5.11 Å². The number of benzene rings is 2. The van der Waals surface area contributed by atoms with Crippen LogP contribution < -0.4 is 4.74 Å². The molecule has 0 atom stereocenters. The molecule has 0 aliphatic heterocycles. The van der Waals surface area contributed by atoms with Crippen LogP contribution in [0.3, 0.4) is 0 Å². The van der Waals surface area contributed by atoms with Crippen LogP contribution in [0.4, 0.5) is 0 Å². The summed E-state index contributed by atoms with van der Waals surface area (Å²) in [6.07, 6.45) is 0. The molecule has 18 heavy (non-hydrogen) atoms. The monoisotopic (exact) mass is 239 g/mol. The average molecular weight is 239 g/mol. The molecule has 0 saturated heterocycles. The third kappa shape index (κ3) is 2.44. The Morgan fingerprint density at radius 3 is 2.39 bits per heavy atom. The fourth-order valence-corrected chi connectivity index (χ4v) is 1.72. The van der Waals surface area contributed by atoms with Crippen molar-refractivity contribution in [2.45, 2.75) is 6.92 Å². The largest absolute Gasteiger partial charge is 0.507 e. The second kappa shape index (κ2) is 5.24. The number of nitrogens with zero attached hydrogens (tertiary/aromatic N) is 1. The molecule has 0 aliphatic rings. The van der Waals surface area contributed by atoms with Crippen molar-refractivity contribution in [2.75, 3.05) is 6.61 Å². The summed E-state index contributed by atoms with van der Waals surface area (Å²) in [4.78, 5) is 0. The lowest BCUT2D eigenvalue weighted by atomic mass is 10.0. The summed E-state index contributed by atoms with van der Waals surface area (Å²) in [5.41, 5.74) is 2.16. The molecular formula is C15H13NO2. The summed E-state index contributed by atoms with van der Waals surface area (Å²) in [5.74, 6) is 0.827. The van der Waals surface area contributed by atoms with E-state index in [2.05, 4.69) is 0 Å². The molecule has 0 bridgehead atoms. The number of ether oxygens (including phenoxy) is 1. The highest BCUT2D eigenvalue weighted by Crippen LogP contribution is 2.26. The Hall–Kier alpha value is -2.47. The van der Waals surface area contributed by atoms with Gasteiger partial charge in [0, 0.05) is 0 Å². The molecule has 0 aliphatic carbocycles. The van der Waals surface area contributed by atoms with Gasteiger partial charge in [-0.2, -0.15) is 5.26 Å². The lowest BCUT2D eigenvalue weighted by Gasteiger charge is -2.06. The van der Waals surface area contributed by atoms with Gasteiger partial charge in [0.05, 0.1) is 12.2 Å². The second-order valence-corrected chi connectivity index (χ2v) is 3.80. The summed E-state index contributed by atoms with van der Waals surface area (Å²) in [6.45, 7) is 2.57. The van der Waals surface area contributed by atoms with Crippen molar-refractivity contribution < 1.29 is 9.84 Å². The number of hydrogen-bond acceptors (Lipinski definition) is 3. The number of phenols is 1. The minimum absolute atomic E-state index is 0.00665. The first-order valence-electron chi connectivity index (χ1n) is 5.71. The summed E-state index contributed by atoms with van der Waals surface area (Å²) in [7, 11) is 0. The van der Waals surface area contributed by atoms with Gasteiger partial charge >= 0.3 is 0 Å². The molecule has 2 aromatic carbocycles. The summed E-state index contributed by atoms with van der Waals surface area (Å²) in [6, 6.07) is 14.6. The predicted molar refractivity (Wildman–Crippen MR) is 69.4 cm³/mol. The zero-order chi connectivity index (χ0) is 13.0. The third-order valence-corrected chi connectivity index (χ3v) is 2.62. The van der Waals surface area contributed by atoms with E-state index in [1.807, 2.05) is 37.3 Å². The molecule has 90 valence electrons. The van der Waals surface area contributed by atoms with Gasteiger partial charge in [0.15, 0.2) is 0 Å². The Labute approximate surface area is 106 Å². The second-order valence-electron chi connectivity index (χ2n) is 3.80. The van der Waals surface area contributed by atoms with E-state index in [1.54, 1.807) is 12.1 Å². The first-order valence-corrected chi connectivity index (χ1v) is 5.71. The molecular weight excluding hydrogens is 226 g/mol. The number of nitriles is 1. The lowest BCUT2D eigenvalue weighted by molar-refractivity contribution is 0.340. The Kier molecular flexibility index (Phi) is 3.49. The molecule has 1 N–H and O–H groups in total. The average Bonchev–Trinajstić information content (AvgIpc) is 2.41. The van der Waals surface area contributed by atoms with Crippen molar-refractivity contribution in [2.24, 2.45) is 0 Å².